The van der Waals surface area contributed by atoms with Crippen molar-refractivity contribution in [2.24, 2.45) is 27.7 Å². The van der Waals surface area contributed by atoms with Crippen LogP contribution in [0.2, 0.25) is 0 Å². The third-order valence-corrected chi connectivity index (χ3v) is 7.33. The van der Waals surface area contributed by atoms with Crippen LogP contribution in [0.3, 0.4) is 0 Å². The molecule has 0 saturated carbocycles. The number of likely N-dealkylation sites (tertiary alicyclic amines) is 1. The second-order valence-corrected chi connectivity index (χ2v) is 11.0. The standard InChI is InChI=1S/C35H47N3O/c1-12-24(5)16-27(8)32(23(3)4)19-33(36-11)34-20-35(39)28(9)18-30(37-34)14-15-31(13-2)38-21-25(6)17-26(7)29(10)22-38/h12-16,19-20,25,27,29H,1,3,7,9,17-18,21-22H2,2,4-6,8,10-11H3/b15-14-,24-16-,31-13+,32-19-,36-33+/t25-,27?,29-/m0/s1. The smallest absolute Gasteiger partial charge is 0.183 e. The SMILES string of the molecule is C=C/C(C)=C\C(C)/C(=C\C(=N/C)C1=CC(=O)C(=C)CC(/C=C\C(=C/C)N2C[C@@H](C)CC(=C)[C@@H](C)C2)=N1)C(=C)C. The number of rotatable bonds is 9. The summed E-state index contributed by atoms with van der Waals surface area (Å²) in [5.41, 5.74) is 7.98. The summed E-state index contributed by atoms with van der Waals surface area (Å²) >= 11 is 0. The lowest BCUT2D eigenvalue weighted by atomic mass is 9.92. The third kappa shape index (κ3) is 9.02. The van der Waals surface area contributed by atoms with Gasteiger partial charge in [0.25, 0.3) is 0 Å². The number of ketones is 1. The fourth-order valence-electron chi connectivity index (χ4n) is 4.98. The summed E-state index contributed by atoms with van der Waals surface area (Å²) in [6.07, 6.45) is 15.2. The van der Waals surface area contributed by atoms with Gasteiger partial charge in [-0.05, 0) is 74.3 Å². The lowest BCUT2D eigenvalue weighted by molar-refractivity contribution is -0.111. The normalized spacial score (nSPS) is 23.4. The molecule has 0 aromatic carbocycles. The maximum atomic E-state index is 12.9. The Hall–Kier alpha value is -3.53. The molecule has 2 heterocycles. The minimum Gasteiger partial charge on any atom is -0.371 e. The van der Waals surface area contributed by atoms with Crippen molar-refractivity contribution in [3.05, 3.63) is 108 Å². The summed E-state index contributed by atoms with van der Waals surface area (Å²) in [6.45, 7) is 31.0. The van der Waals surface area contributed by atoms with Crippen molar-refractivity contribution in [2.45, 2.75) is 54.4 Å². The van der Waals surface area contributed by atoms with Crippen molar-refractivity contribution >= 4 is 17.2 Å². The summed E-state index contributed by atoms with van der Waals surface area (Å²) in [5, 5.41) is 0. The Balaban J connectivity index is 2.46. The van der Waals surface area contributed by atoms with E-state index in [4.69, 9.17) is 4.99 Å². The van der Waals surface area contributed by atoms with Crippen LogP contribution in [0.15, 0.2) is 118 Å². The van der Waals surface area contributed by atoms with Crippen molar-refractivity contribution in [1.29, 1.82) is 0 Å². The van der Waals surface area contributed by atoms with E-state index < -0.39 is 0 Å². The zero-order valence-corrected chi connectivity index (χ0v) is 25.2. The molecule has 2 aliphatic rings. The Morgan fingerprint density at radius 1 is 1.23 bits per heavy atom. The molecule has 39 heavy (non-hydrogen) atoms. The molecule has 4 heteroatoms. The van der Waals surface area contributed by atoms with Gasteiger partial charge in [-0.1, -0.05) is 82.0 Å². The van der Waals surface area contributed by atoms with Crippen LogP contribution < -0.4 is 0 Å². The molecule has 1 saturated heterocycles. The number of hydrogen-bond acceptors (Lipinski definition) is 4. The van der Waals surface area contributed by atoms with E-state index in [0.717, 1.165) is 47.6 Å². The molecule has 4 nitrogen and oxygen atoms in total. The van der Waals surface area contributed by atoms with Gasteiger partial charge in [-0.25, -0.2) is 0 Å². The largest absolute Gasteiger partial charge is 0.371 e. The summed E-state index contributed by atoms with van der Waals surface area (Å²) in [6, 6.07) is 0. The minimum absolute atomic E-state index is 0.101. The second kappa shape index (κ2) is 14.6. The molecule has 2 rings (SSSR count). The van der Waals surface area contributed by atoms with Crippen molar-refractivity contribution in [3.63, 3.8) is 0 Å². The van der Waals surface area contributed by atoms with Gasteiger partial charge in [-0.3, -0.25) is 14.8 Å². The fourth-order valence-corrected chi connectivity index (χ4v) is 4.98. The molecule has 0 aromatic rings. The van der Waals surface area contributed by atoms with Gasteiger partial charge < -0.3 is 4.90 Å². The van der Waals surface area contributed by atoms with E-state index in [1.807, 2.05) is 32.1 Å². The Kier molecular flexibility index (Phi) is 11.8. The highest BCUT2D eigenvalue weighted by atomic mass is 16.1. The Bertz CT molecular complexity index is 1230. The van der Waals surface area contributed by atoms with E-state index in [0.29, 0.717) is 35.2 Å². The predicted molar refractivity (Wildman–Crippen MR) is 170 cm³/mol. The first-order chi connectivity index (χ1) is 18.4. The lowest BCUT2D eigenvalue weighted by Gasteiger charge is -2.27. The van der Waals surface area contributed by atoms with Crippen molar-refractivity contribution in [1.82, 2.24) is 4.90 Å². The highest BCUT2D eigenvalue weighted by molar-refractivity contribution is 6.19. The first-order valence-corrected chi connectivity index (χ1v) is 13.8. The molecule has 0 radical (unpaired) electrons. The van der Waals surface area contributed by atoms with Gasteiger partial charge in [0, 0.05) is 44.0 Å². The minimum atomic E-state index is -0.126. The van der Waals surface area contributed by atoms with Crippen LogP contribution in [0.1, 0.15) is 54.4 Å². The average molecular weight is 526 g/mol. The van der Waals surface area contributed by atoms with Crippen LogP contribution in [0.25, 0.3) is 0 Å². The number of carbonyl (C=O) groups excluding carboxylic acids is 1. The summed E-state index contributed by atoms with van der Waals surface area (Å²) in [5.74, 6) is 0.951. The number of carbonyl (C=O) groups is 1. The quantitative estimate of drug-likeness (QED) is 0.132. The maximum Gasteiger partial charge on any atom is 0.183 e. The van der Waals surface area contributed by atoms with Crippen LogP contribution in [0.4, 0.5) is 0 Å². The zero-order valence-electron chi connectivity index (χ0n) is 25.2. The molecule has 0 spiro atoms. The Labute approximate surface area is 237 Å². The molecular formula is C35H47N3O. The summed E-state index contributed by atoms with van der Waals surface area (Å²) in [7, 11) is 1.72. The predicted octanol–water partition coefficient (Wildman–Crippen LogP) is 8.18. The number of nitrogens with zero attached hydrogens (tertiary/aromatic N) is 3. The topological polar surface area (TPSA) is 45.0 Å². The highest BCUT2D eigenvalue weighted by Gasteiger charge is 2.23. The third-order valence-electron chi connectivity index (χ3n) is 7.33. The summed E-state index contributed by atoms with van der Waals surface area (Å²) < 4.78 is 0. The molecule has 0 bridgehead atoms. The Morgan fingerprint density at radius 2 is 1.92 bits per heavy atom. The van der Waals surface area contributed by atoms with Crippen LogP contribution in [-0.4, -0.2) is 42.2 Å². The first kappa shape index (κ1) is 31.7. The van der Waals surface area contributed by atoms with Crippen molar-refractivity contribution in [3.8, 4) is 0 Å². The molecule has 2 aliphatic heterocycles. The molecule has 0 amide bonds. The van der Waals surface area contributed by atoms with Crippen LogP contribution in [-0.2, 0) is 4.79 Å². The highest BCUT2D eigenvalue weighted by Crippen LogP contribution is 2.28. The van der Waals surface area contributed by atoms with Gasteiger partial charge in [0.15, 0.2) is 5.78 Å². The maximum absolute atomic E-state index is 12.9. The number of allylic oxidation sites excluding steroid dienone is 11. The fraction of sp³-hybridized carbons (Fsp3) is 0.400. The molecular weight excluding hydrogens is 478 g/mol. The molecule has 208 valence electrons. The molecule has 0 aromatic heterocycles. The van der Waals surface area contributed by atoms with E-state index in [1.165, 1.54) is 5.57 Å². The molecule has 0 N–H and O–H groups in total. The molecule has 3 atom stereocenters. The molecule has 1 fully saturated rings. The van der Waals surface area contributed by atoms with Gasteiger partial charge in [-0.15, -0.1) is 0 Å². The first-order valence-electron chi connectivity index (χ1n) is 13.8. The monoisotopic (exact) mass is 525 g/mol. The van der Waals surface area contributed by atoms with Crippen molar-refractivity contribution < 1.29 is 4.79 Å². The van der Waals surface area contributed by atoms with E-state index in [9.17, 15) is 4.79 Å². The lowest BCUT2D eigenvalue weighted by Crippen LogP contribution is -2.28. The number of aliphatic imine (C=N–C) groups is 2. The van der Waals surface area contributed by atoms with Gasteiger partial charge in [0.1, 0.15) is 0 Å². The van der Waals surface area contributed by atoms with Crippen LogP contribution in [0.5, 0.6) is 0 Å². The molecule has 0 aliphatic carbocycles. The van der Waals surface area contributed by atoms with E-state index in [-0.39, 0.29) is 11.7 Å². The van der Waals surface area contributed by atoms with Gasteiger partial charge >= 0.3 is 0 Å². The van der Waals surface area contributed by atoms with Gasteiger partial charge in [0.2, 0.25) is 0 Å². The van der Waals surface area contributed by atoms with Crippen LogP contribution >= 0.6 is 0 Å². The van der Waals surface area contributed by atoms with Gasteiger partial charge in [-0.2, -0.15) is 0 Å². The van der Waals surface area contributed by atoms with Crippen LogP contribution in [0, 0.1) is 17.8 Å². The van der Waals surface area contributed by atoms with E-state index >= 15 is 0 Å². The number of hydrogen-bond donors (Lipinski definition) is 0. The van der Waals surface area contributed by atoms with Gasteiger partial charge in [0.05, 0.1) is 11.4 Å². The van der Waals surface area contributed by atoms with E-state index in [1.54, 1.807) is 13.1 Å². The second-order valence-electron chi connectivity index (χ2n) is 11.0. The average Bonchev–Trinajstić information content (AvgIpc) is 3.09. The van der Waals surface area contributed by atoms with Crippen molar-refractivity contribution in [2.75, 3.05) is 20.1 Å². The van der Waals surface area contributed by atoms with E-state index in [2.05, 4.69) is 82.1 Å². The summed E-state index contributed by atoms with van der Waals surface area (Å²) in [4.78, 5) is 24.8. The Morgan fingerprint density at radius 3 is 2.51 bits per heavy atom. The zero-order chi connectivity index (χ0) is 29.3. The molecule has 1 unspecified atom stereocenters.